The monoisotopic (exact) mass is 1130 g/mol. The normalized spacial score (nSPS) is 12.6. The van der Waals surface area contributed by atoms with Crippen molar-refractivity contribution in [2.24, 2.45) is 47.3 Å². The number of aromatic nitrogens is 4. The van der Waals surface area contributed by atoms with E-state index in [9.17, 15) is 4.79 Å². The van der Waals surface area contributed by atoms with E-state index in [2.05, 4.69) is 224 Å². The predicted octanol–water partition coefficient (Wildman–Crippen LogP) is 19.1. The number of carbonyl (C=O) groups is 1. The topological polar surface area (TPSA) is 121 Å². The van der Waals surface area contributed by atoms with E-state index in [4.69, 9.17) is 33.7 Å². The van der Waals surface area contributed by atoms with Crippen molar-refractivity contribution in [1.82, 2.24) is 19.9 Å². The highest BCUT2D eigenvalue weighted by atomic mass is 32.1. The number of carbonyl (C=O) groups excluding carboxylic acids is 1. The molecule has 436 valence electrons. The third-order valence-electron chi connectivity index (χ3n) is 16.4. The molecule has 10 nitrogen and oxygen atoms in total. The quantitative estimate of drug-likeness (QED) is 0.0329. The molecule has 2 aliphatic heterocycles. The maximum atomic E-state index is 13.6. The third kappa shape index (κ3) is 12.6. The zero-order valence-electron chi connectivity index (χ0n) is 51.6. The van der Waals surface area contributed by atoms with Crippen molar-refractivity contribution < 1.29 is 28.5 Å². The summed E-state index contributed by atoms with van der Waals surface area (Å²) in [4.78, 5) is 32.8. The first-order valence-corrected chi connectivity index (χ1v) is 31.1. The Morgan fingerprint density at radius 1 is 0.439 bits per heavy atom. The Labute approximate surface area is 493 Å². The van der Waals surface area contributed by atoms with Crippen LogP contribution in [-0.4, -0.2) is 56.1 Å². The first-order chi connectivity index (χ1) is 39.1. The maximum absolute atomic E-state index is 13.6. The van der Waals surface area contributed by atoms with Gasteiger partial charge in [-0.15, -0.1) is 0 Å². The predicted molar refractivity (Wildman–Crippen MR) is 343 cm³/mol. The van der Waals surface area contributed by atoms with Gasteiger partial charge in [-0.2, -0.15) is 12.6 Å². The Balaban J connectivity index is 1.45. The summed E-state index contributed by atoms with van der Waals surface area (Å²) in [6.07, 6.45) is 2.71. The molecule has 0 saturated carbocycles. The highest BCUT2D eigenvalue weighted by Crippen LogP contribution is 2.48. The van der Waals surface area contributed by atoms with Crippen LogP contribution in [0.2, 0.25) is 0 Å². The number of nitrogens with zero attached hydrogens (tertiary/aromatic N) is 2. The molecule has 0 spiro atoms. The van der Waals surface area contributed by atoms with E-state index in [1.807, 2.05) is 0 Å². The molecule has 0 aliphatic carbocycles. The van der Waals surface area contributed by atoms with Crippen molar-refractivity contribution in [3.05, 3.63) is 96.6 Å². The molecule has 0 radical (unpaired) electrons. The standard InChI is InChI=1S/C71H90N4O6S/c1-38(2)68(39(3)4)78-58-26-20-23-47-50-33-55-65-49(25-22-27-59(65)79-69(40(5)6)41(7)8)52(73-55)35-57-67-61(81-71(44(13)14)45(15)16)31-30-46(37-77-62(76)29-18-17-19-32-82)63(67)53(75-57)36-56-66-48(51(74-56)34-54(72-50)64(47)58)24-21-28-60(66)80-70(42(9)10)43(11)12/h20-28,30-31,33-36,38-45,68-72,75,82H,17-19,29,32,37H2,1-16H3. The second-order valence-corrected chi connectivity index (χ2v) is 26.2. The summed E-state index contributed by atoms with van der Waals surface area (Å²) in [6, 6.07) is 31.8. The Hall–Kier alpha value is -6.46. The molecule has 5 heterocycles. The minimum Gasteiger partial charge on any atom is -0.489 e. The molecule has 0 saturated heterocycles. The van der Waals surface area contributed by atoms with Crippen LogP contribution >= 0.6 is 12.6 Å². The molecule has 2 N–H and O–H groups in total. The second kappa shape index (κ2) is 25.6. The van der Waals surface area contributed by atoms with Gasteiger partial charge in [-0.05, 0) is 120 Å². The summed E-state index contributed by atoms with van der Waals surface area (Å²) >= 11 is 4.40. The second-order valence-electron chi connectivity index (χ2n) is 25.7. The van der Waals surface area contributed by atoms with Crippen LogP contribution < -0.4 is 18.9 Å². The van der Waals surface area contributed by atoms with Crippen LogP contribution in [0.3, 0.4) is 0 Å². The van der Waals surface area contributed by atoms with Gasteiger partial charge in [0.2, 0.25) is 0 Å². The number of unbranched alkanes of at least 4 members (excludes halogenated alkanes) is 2. The van der Waals surface area contributed by atoms with E-state index >= 15 is 0 Å². The Bertz CT molecular complexity index is 3550. The van der Waals surface area contributed by atoms with E-state index < -0.39 is 0 Å². The molecule has 8 bridgehead atoms. The van der Waals surface area contributed by atoms with Crippen molar-refractivity contribution in [3.8, 4) is 68.0 Å². The molecular formula is C71H90N4O6S. The molecule has 11 heteroatoms. The minimum absolute atomic E-state index is 0.0336. The average molecular weight is 1130 g/mol. The van der Waals surface area contributed by atoms with Gasteiger partial charge in [0.1, 0.15) is 54.0 Å². The molecule has 82 heavy (non-hydrogen) atoms. The van der Waals surface area contributed by atoms with Crippen LogP contribution in [0.1, 0.15) is 142 Å². The number of thiol groups is 1. The first kappa shape index (κ1) is 60.1. The van der Waals surface area contributed by atoms with Crippen LogP contribution in [0.4, 0.5) is 0 Å². The summed E-state index contributed by atoms with van der Waals surface area (Å²) in [5.41, 5.74) is 10.9. The van der Waals surface area contributed by atoms with Crippen LogP contribution in [0.15, 0.2) is 91.0 Å². The van der Waals surface area contributed by atoms with Crippen LogP contribution in [0, 0.1) is 47.3 Å². The number of hydrogen-bond acceptors (Lipinski definition) is 9. The number of benzene rings is 4. The summed E-state index contributed by atoms with van der Waals surface area (Å²) < 4.78 is 34.9. The molecule has 0 unspecified atom stereocenters. The average Bonchev–Trinajstić information content (AvgIpc) is 4.31. The molecule has 7 aromatic rings. The van der Waals surface area contributed by atoms with Gasteiger partial charge in [0.15, 0.2) is 0 Å². The molecular weight excluding hydrogens is 1040 g/mol. The molecule has 3 aromatic heterocycles. The summed E-state index contributed by atoms with van der Waals surface area (Å²) in [5, 5.41) is 3.71. The molecule has 0 amide bonds. The summed E-state index contributed by atoms with van der Waals surface area (Å²) in [6.45, 7) is 35.6. The van der Waals surface area contributed by atoms with E-state index in [0.717, 1.165) is 142 Å². The minimum atomic E-state index is -0.231. The molecule has 0 atom stereocenters. The lowest BCUT2D eigenvalue weighted by atomic mass is 9.95. The lowest BCUT2D eigenvalue weighted by molar-refractivity contribution is -0.145. The number of H-pyrrole nitrogens is 2. The van der Waals surface area contributed by atoms with Crippen molar-refractivity contribution in [3.63, 3.8) is 0 Å². The van der Waals surface area contributed by atoms with Gasteiger partial charge >= 0.3 is 5.97 Å². The van der Waals surface area contributed by atoms with Crippen molar-refractivity contribution in [2.45, 2.75) is 167 Å². The van der Waals surface area contributed by atoms with Gasteiger partial charge in [-0.3, -0.25) is 4.79 Å². The number of ether oxygens (including phenoxy) is 5. The van der Waals surface area contributed by atoms with E-state index in [1.54, 1.807) is 0 Å². The Morgan fingerprint density at radius 3 is 1.33 bits per heavy atom. The van der Waals surface area contributed by atoms with Gasteiger partial charge in [0.25, 0.3) is 0 Å². The fraction of sp³-hybridized carbons (Fsp3) is 0.479. The highest BCUT2D eigenvalue weighted by Gasteiger charge is 2.31. The van der Waals surface area contributed by atoms with Crippen LogP contribution in [-0.2, 0) is 16.1 Å². The van der Waals surface area contributed by atoms with Crippen molar-refractivity contribution in [2.75, 3.05) is 5.75 Å². The lowest BCUT2D eigenvalue weighted by Crippen LogP contribution is -2.29. The Morgan fingerprint density at radius 2 is 0.841 bits per heavy atom. The maximum Gasteiger partial charge on any atom is 0.306 e. The van der Waals surface area contributed by atoms with Gasteiger partial charge < -0.3 is 33.7 Å². The molecule has 2 aliphatic rings. The van der Waals surface area contributed by atoms with Gasteiger partial charge in [-0.25, -0.2) is 9.97 Å². The molecule has 4 aromatic carbocycles. The van der Waals surface area contributed by atoms with E-state index in [-0.39, 0.29) is 84.3 Å². The highest BCUT2D eigenvalue weighted by molar-refractivity contribution is 7.80. The van der Waals surface area contributed by atoms with Gasteiger partial charge in [0.05, 0.1) is 44.9 Å². The third-order valence-corrected chi connectivity index (χ3v) is 16.7. The number of nitrogens with one attached hydrogen (secondary N) is 2. The molecule has 0 fully saturated rings. The summed E-state index contributed by atoms with van der Waals surface area (Å²) in [5.74, 6) is 5.62. The van der Waals surface area contributed by atoms with Crippen LogP contribution in [0.5, 0.6) is 23.0 Å². The molecule has 9 rings (SSSR count). The zero-order valence-corrected chi connectivity index (χ0v) is 52.5. The number of esters is 1. The smallest absolute Gasteiger partial charge is 0.306 e. The SMILES string of the molecule is CC(C)C(Oc1cccc2c1-c1cc3[nH]c(cc4nc(cc5[nH]c(cc-2n1)c1c(OC(C(C)C)C(C)C)ccc(COC(=O)CCCCCS)c51)-c1c(OC(C(C)C)C(C)C)cccc1-4)c1c(OC(C(C)C)C(C)C)cccc31)C(C)C. The fourth-order valence-electron chi connectivity index (χ4n) is 12.8. The number of aromatic amines is 2. The van der Waals surface area contributed by atoms with Gasteiger partial charge in [-0.1, -0.05) is 160 Å². The largest absolute Gasteiger partial charge is 0.489 e. The number of hydrogen-bond donors (Lipinski definition) is 3. The van der Waals surface area contributed by atoms with Crippen molar-refractivity contribution >= 4 is 62.2 Å². The van der Waals surface area contributed by atoms with Gasteiger partial charge in [0, 0.05) is 50.1 Å². The lowest BCUT2D eigenvalue weighted by Gasteiger charge is -2.27. The number of fused-ring (bicyclic) bond motifs is 20. The van der Waals surface area contributed by atoms with E-state index in [0.29, 0.717) is 6.42 Å². The fourth-order valence-corrected chi connectivity index (χ4v) is 13.0. The number of rotatable bonds is 23. The zero-order chi connectivity index (χ0) is 58.8. The summed E-state index contributed by atoms with van der Waals surface area (Å²) in [7, 11) is 0. The van der Waals surface area contributed by atoms with Crippen molar-refractivity contribution in [1.29, 1.82) is 0 Å². The van der Waals surface area contributed by atoms with E-state index in [1.165, 1.54) is 0 Å². The first-order valence-electron chi connectivity index (χ1n) is 30.5. The Kier molecular flexibility index (Phi) is 18.8. The van der Waals surface area contributed by atoms with Crippen LogP contribution in [0.25, 0.3) is 88.6 Å².